The van der Waals surface area contributed by atoms with E-state index < -0.39 is 31.1 Å². The number of anilines is 2. The number of ether oxygens (including phenoxy) is 1. The van der Waals surface area contributed by atoms with Crippen molar-refractivity contribution in [3.63, 3.8) is 0 Å². The third-order valence-electron chi connectivity index (χ3n) is 12.8. The van der Waals surface area contributed by atoms with E-state index in [4.69, 9.17) is 10.5 Å². The summed E-state index contributed by atoms with van der Waals surface area (Å²) >= 11 is 0. The highest BCUT2D eigenvalue weighted by Gasteiger charge is 2.45. The number of nitrogen functional groups attached to an aromatic ring is 1. The van der Waals surface area contributed by atoms with Crippen molar-refractivity contribution >= 4 is 55.0 Å². The summed E-state index contributed by atoms with van der Waals surface area (Å²) in [6.45, 7) is 12.1. The number of nitrogens with one attached hydrogen (secondary N) is 2. The van der Waals surface area contributed by atoms with Gasteiger partial charge in [0.25, 0.3) is 26.1 Å². The van der Waals surface area contributed by atoms with Crippen LogP contribution in [0.4, 0.5) is 17.2 Å². The second-order valence-corrected chi connectivity index (χ2v) is 20.7. The molecule has 16 nitrogen and oxygen atoms in total. The standard InChI is InChI=1S/C52H57N7O9S2/c1-6-58-43-25-23-39(69(62,63)64)30-41(43)51(3,4)45(58)12-9-8-10-13-46-52(5,42-31-40(70(65,66)67)24-26-44(42)59(46)7-2)28-11-14-48(60)55-32-36-19-21-38(22-20-36)49(61)56-33-35-15-17-37(18-16-35)34-68-50-54-29-27-47(53)57-50/h8-10,12-13,15-27,29-31H,6-7,11,14,28,32-34H2,1-5H3,(H5-,53,54,55,56,57,60,61,62,63,64,65,66,67)/p+1. The lowest BCUT2D eigenvalue weighted by Gasteiger charge is -2.30. The molecule has 2 aliphatic rings. The quantitative estimate of drug-likeness (QED) is 0.0303. The number of hydrogen-bond acceptors (Lipinski definition) is 11. The number of likely N-dealkylation sites (N-methyl/N-ethyl adjacent to an activating group) is 1. The molecule has 0 radical (unpaired) electrons. The van der Waals surface area contributed by atoms with Crippen LogP contribution in [0.3, 0.4) is 0 Å². The molecule has 0 aliphatic carbocycles. The van der Waals surface area contributed by atoms with Crippen LogP contribution in [-0.4, -0.2) is 71.1 Å². The van der Waals surface area contributed by atoms with E-state index in [1.165, 1.54) is 30.5 Å². The molecule has 3 heterocycles. The molecule has 6 N–H and O–H groups in total. The first-order valence-corrected chi connectivity index (χ1v) is 25.8. The van der Waals surface area contributed by atoms with E-state index >= 15 is 0 Å². The lowest BCUT2D eigenvalue weighted by Crippen LogP contribution is -2.29. The number of benzene rings is 4. The summed E-state index contributed by atoms with van der Waals surface area (Å²) in [4.78, 5) is 36.0. The number of carbonyl (C=O) groups is 2. The van der Waals surface area contributed by atoms with Crippen LogP contribution in [-0.2, 0) is 55.6 Å². The minimum Gasteiger partial charge on any atom is -0.459 e. The molecule has 0 saturated carbocycles. The number of nitrogens with zero attached hydrogens (tertiary/aromatic N) is 4. The fourth-order valence-electron chi connectivity index (χ4n) is 9.08. The molecule has 2 aliphatic heterocycles. The fraction of sp³-hybridized carbons (Fsp3) is 0.288. The van der Waals surface area contributed by atoms with Crippen molar-refractivity contribution in [2.24, 2.45) is 0 Å². The minimum absolute atomic E-state index is 0.157. The van der Waals surface area contributed by atoms with Crippen molar-refractivity contribution in [1.29, 1.82) is 0 Å². The Hall–Kier alpha value is -6.99. The molecule has 1 atom stereocenters. The highest BCUT2D eigenvalue weighted by atomic mass is 32.2. The van der Waals surface area contributed by atoms with Gasteiger partial charge >= 0.3 is 6.01 Å². The number of carbonyl (C=O) groups excluding carboxylic acids is 2. The van der Waals surface area contributed by atoms with Crippen LogP contribution >= 0.6 is 0 Å². The van der Waals surface area contributed by atoms with Gasteiger partial charge in [-0.25, -0.2) is 4.98 Å². The molecule has 0 saturated heterocycles. The molecular weight excluding hydrogens is 931 g/mol. The van der Waals surface area contributed by atoms with Gasteiger partial charge in [-0.3, -0.25) is 18.7 Å². The lowest BCUT2D eigenvalue weighted by molar-refractivity contribution is -0.433. The first kappa shape index (κ1) is 50.9. The first-order chi connectivity index (χ1) is 33.2. The molecule has 0 bridgehead atoms. The highest BCUT2D eigenvalue weighted by molar-refractivity contribution is 7.86. The van der Waals surface area contributed by atoms with Crippen LogP contribution in [0.15, 0.2) is 143 Å². The Balaban J connectivity index is 0.965. The van der Waals surface area contributed by atoms with Gasteiger partial charge in [-0.1, -0.05) is 54.6 Å². The van der Waals surface area contributed by atoms with Gasteiger partial charge < -0.3 is 26.0 Å². The van der Waals surface area contributed by atoms with E-state index in [1.54, 1.807) is 42.5 Å². The molecule has 7 rings (SSSR count). The normalized spacial score (nSPS) is 17.1. The van der Waals surface area contributed by atoms with Crippen LogP contribution in [0, 0.1) is 0 Å². The monoisotopic (exact) mass is 988 g/mol. The van der Waals surface area contributed by atoms with Gasteiger partial charge in [0, 0.05) is 72.3 Å². The number of fused-ring (bicyclic) bond motifs is 2. The molecule has 5 aromatic rings. The summed E-state index contributed by atoms with van der Waals surface area (Å²) in [5, 5.41) is 5.91. The van der Waals surface area contributed by atoms with Crippen LogP contribution in [0.25, 0.3) is 0 Å². The summed E-state index contributed by atoms with van der Waals surface area (Å²) in [6, 6.07) is 25.6. The SMILES string of the molecule is CCN1/C(=C/C=C/C=C/C2=[N+](CC)c3ccc(S(=O)(=O)O)cc3C2(C)C)C(C)(CCCC(=O)NCc2ccc(C(=O)NCc3ccc(COc4nccc(N)n4)cc3)cc2)c2cc(S(=O)(=O)O)ccc21. The van der Waals surface area contributed by atoms with Crippen molar-refractivity contribution in [3.05, 3.63) is 167 Å². The average Bonchev–Trinajstić information content (AvgIpc) is 3.70. The third kappa shape index (κ3) is 11.4. The van der Waals surface area contributed by atoms with Gasteiger partial charge in [0.2, 0.25) is 11.6 Å². The Labute approximate surface area is 409 Å². The molecule has 70 heavy (non-hydrogen) atoms. The molecule has 0 spiro atoms. The van der Waals surface area contributed by atoms with E-state index in [9.17, 15) is 35.5 Å². The Morgan fingerprint density at radius 2 is 1.43 bits per heavy atom. The van der Waals surface area contributed by atoms with Gasteiger partial charge in [0.1, 0.15) is 19.0 Å². The van der Waals surface area contributed by atoms with E-state index in [1.807, 2.05) is 89.3 Å². The number of allylic oxidation sites excluding steroid dienone is 6. The van der Waals surface area contributed by atoms with Crippen molar-refractivity contribution in [2.75, 3.05) is 23.7 Å². The van der Waals surface area contributed by atoms with E-state index in [0.29, 0.717) is 43.9 Å². The molecule has 1 aromatic heterocycles. The van der Waals surface area contributed by atoms with Crippen LogP contribution in [0.2, 0.25) is 0 Å². The van der Waals surface area contributed by atoms with Crippen LogP contribution < -0.4 is 26.0 Å². The predicted octanol–water partition coefficient (Wildman–Crippen LogP) is 7.74. The summed E-state index contributed by atoms with van der Waals surface area (Å²) in [7, 11) is -8.88. The average molecular weight is 989 g/mol. The topological polar surface area (TPSA) is 234 Å². The second-order valence-electron chi connectivity index (χ2n) is 17.8. The first-order valence-electron chi connectivity index (χ1n) is 22.9. The molecule has 18 heteroatoms. The Kier molecular flexibility index (Phi) is 15.2. The highest BCUT2D eigenvalue weighted by Crippen LogP contribution is 2.51. The zero-order valence-electron chi connectivity index (χ0n) is 39.7. The smallest absolute Gasteiger partial charge is 0.318 e. The number of amides is 2. The lowest BCUT2D eigenvalue weighted by atomic mass is 9.77. The summed E-state index contributed by atoms with van der Waals surface area (Å²) < 4.78 is 76.0. The minimum atomic E-state index is -4.50. The molecular formula is C52H58N7O9S2+. The maximum Gasteiger partial charge on any atom is 0.318 e. The summed E-state index contributed by atoms with van der Waals surface area (Å²) in [5.74, 6) is -0.0843. The number of hydrogen-bond donors (Lipinski definition) is 5. The Morgan fingerprint density at radius 1 is 0.800 bits per heavy atom. The zero-order valence-corrected chi connectivity index (χ0v) is 41.3. The van der Waals surface area contributed by atoms with E-state index in [-0.39, 0.29) is 47.2 Å². The van der Waals surface area contributed by atoms with E-state index in [2.05, 4.69) is 30.1 Å². The fourth-order valence-corrected chi connectivity index (χ4v) is 10.1. The van der Waals surface area contributed by atoms with Crippen molar-refractivity contribution in [1.82, 2.24) is 20.6 Å². The molecule has 1 unspecified atom stereocenters. The summed E-state index contributed by atoms with van der Waals surface area (Å²) in [5.41, 5.74) is 12.5. The maximum absolute atomic E-state index is 13.2. The van der Waals surface area contributed by atoms with Gasteiger partial charge in [0.15, 0.2) is 5.71 Å². The Morgan fingerprint density at radius 3 is 2.07 bits per heavy atom. The molecule has 2 amide bonds. The van der Waals surface area contributed by atoms with Crippen molar-refractivity contribution in [2.45, 2.75) is 94.2 Å². The van der Waals surface area contributed by atoms with Crippen LogP contribution in [0.5, 0.6) is 6.01 Å². The van der Waals surface area contributed by atoms with E-state index in [0.717, 1.165) is 50.6 Å². The van der Waals surface area contributed by atoms with Gasteiger partial charge in [-0.2, -0.15) is 26.4 Å². The molecule has 0 fully saturated rings. The maximum atomic E-state index is 13.2. The molecule has 4 aromatic carbocycles. The Bertz CT molecular complexity index is 3150. The number of nitrogens with two attached hydrogens (primary N) is 1. The zero-order chi connectivity index (χ0) is 50.4. The molecule has 366 valence electrons. The predicted molar refractivity (Wildman–Crippen MR) is 268 cm³/mol. The third-order valence-corrected chi connectivity index (χ3v) is 14.5. The van der Waals surface area contributed by atoms with Crippen molar-refractivity contribution < 1.29 is 44.8 Å². The largest absolute Gasteiger partial charge is 0.459 e. The van der Waals surface area contributed by atoms with Gasteiger partial charge in [-0.15, -0.1) is 0 Å². The van der Waals surface area contributed by atoms with Crippen LogP contribution in [0.1, 0.15) is 92.1 Å². The summed E-state index contributed by atoms with van der Waals surface area (Å²) in [6.07, 6.45) is 12.3. The van der Waals surface area contributed by atoms with Gasteiger partial charge in [0.05, 0.1) is 15.2 Å². The number of aromatic nitrogens is 2. The second kappa shape index (κ2) is 20.9. The number of rotatable bonds is 19. The van der Waals surface area contributed by atoms with Gasteiger partial charge in [-0.05, 0) is 124 Å². The van der Waals surface area contributed by atoms with Crippen molar-refractivity contribution in [3.8, 4) is 6.01 Å².